The zero-order valence-corrected chi connectivity index (χ0v) is 8.55. The molecular formula is C5H7Cl4NO. The SMILES string of the molecule is ON1C(Cl)(Cl)CCCC1(Cl)Cl. The Hall–Kier alpha value is 1.08. The largest absolute Gasteiger partial charge is 0.308 e. The molecular weight excluding hydrogens is 232 g/mol. The molecule has 0 amide bonds. The van der Waals surface area contributed by atoms with Gasteiger partial charge in [0.2, 0.25) is 0 Å². The van der Waals surface area contributed by atoms with Crippen molar-refractivity contribution in [3.8, 4) is 0 Å². The van der Waals surface area contributed by atoms with E-state index in [-0.39, 0.29) is 0 Å². The van der Waals surface area contributed by atoms with Crippen molar-refractivity contribution >= 4 is 46.4 Å². The standard InChI is InChI=1S/C5H7Cl4NO/c6-4(7)2-1-3-5(8,9)10(4)11/h11H,1-3H2. The van der Waals surface area contributed by atoms with Crippen LogP contribution in [0.4, 0.5) is 0 Å². The van der Waals surface area contributed by atoms with E-state index >= 15 is 0 Å². The number of rotatable bonds is 0. The molecule has 0 radical (unpaired) electrons. The van der Waals surface area contributed by atoms with Crippen LogP contribution in [0.15, 0.2) is 0 Å². The molecule has 0 unspecified atom stereocenters. The lowest BCUT2D eigenvalue weighted by Gasteiger charge is -2.41. The number of hydroxylamine groups is 2. The van der Waals surface area contributed by atoms with Crippen molar-refractivity contribution in [1.82, 2.24) is 5.06 Å². The van der Waals surface area contributed by atoms with E-state index in [4.69, 9.17) is 46.4 Å². The molecule has 0 bridgehead atoms. The Balaban J connectivity index is 2.76. The molecule has 0 aromatic rings. The Morgan fingerprint density at radius 2 is 1.36 bits per heavy atom. The highest BCUT2D eigenvalue weighted by molar-refractivity contribution is 6.51. The summed E-state index contributed by atoms with van der Waals surface area (Å²) in [7, 11) is 0. The summed E-state index contributed by atoms with van der Waals surface area (Å²) in [4.78, 5) is 0. The fraction of sp³-hybridized carbons (Fsp3) is 1.00. The van der Waals surface area contributed by atoms with Crippen LogP contribution in [-0.4, -0.2) is 19.2 Å². The van der Waals surface area contributed by atoms with Gasteiger partial charge in [-0.05, 0) is 19.3 Å². The highest BCUT2D eigenvalue weighted by Gasteiger charge is 2.48. The molecule has 1 fully saturated rings. The highest BCUT2D eigenvalue weighted by atomic mass is 35.5. The lowest BCUT2D eigenvalue weighted by molar-refractivity contribution is -0.159. The fourth-order valence-electron chi connectivity index (χ4n) is 0.965. The third kappa shape index (κ3) is 2.06. The molecule has 1 saturated heterocycles. The van der Waals surface area contributed by atoms with Gasteiger partial charge in [0.25, 0.3) is 0 Å². The Labute approximate surface area is 84.9 Å². The van der Waals surface area contributed by atoms with Gasteiger partial charge in [0.05, 0.1) is 0 Å². The van der Waals surface area contributed by atoms with Gasteiger partial charge in [0, 0.05) is 0 Å². The zero-order chi connectivity index (χ0) is 8.70. The van der Waals surface area contributed by atoms with Crippen molar-refractivity contribution in [2.45, 2.75) is 28.2 Å². The number of hydrogen-bond acceptors (Lipinski definition) is 2. The number of nitrogens with zero attached hydrogens (tertiary/aromatic N) is 1. The van der Waals surface area contributed by atoms with Crippen molar-refractivity contribution in [3.05, 3.63) is 0 Å². The van der Waals surface area contributed by atoms with E-state index < -0.39 is 8.91 Å². The van der Waals surface area contributed by atoms with Crippen molar-refractivity contribution in [2.24, 2.45) is 0 Å². The third-order valence-corrected chi connectivity index (χ3v) is 2.97. The van der Waals surface area contributed by atoms with Crippen LogP contribution in [0.5, 0.6) is 0 Å². The van der Waals surface area contributed by atoms with Crippen LogP contribution in [0.3, 0.4) is 0 Å². The monoisotopic (exact) mass is 237 g/mol. The van der Waals surface area contributed by atoms with Gasteiger partial charge in [-0.2, -0.15) is 0 Å². The van der Waals surface area contributed by atoms with Crippen LogP contribution in [0.2, 0.25) is 0 Å². The normalized spacial score (nSPS) is 30.3. The Kier molecular flexibility index (Phi) is 2.86. The molecule has 1 N–H and O–H groups in total. The van der Waals surface area contributed by atoms with E-state index in [1.807, 2.05) is 0 Å². The molecule has 0 aliphatic carbocycles. The summed E-state index contributed by atoms with van der Waals surface area (Å²) in [5, 5.41) is 9.85. The van der Waals surface area contributed by atoms with Crippen molar-refractivity contribution in [3.63, 3.8) is 0 Å². The number of halogens is 4. The molecule has 6 heteroatoms. The summed E-state index contributed by atoms with van der Waals surface area (Å²) in [5.74, 6) is 0. The third-order valence-electron chi connectivity index (χ3n) is 1.57. The Bertz CT molecular complexity index is 145. The molecule has 0 spiro atoms. The van der Waals surface area contributed by atoms with Gasteiger partial charge in [-0.25, -0.2) is 0 Å². The van der Waals surface area contributed by atoms with E-state index in [0.29, 0.717) is 24.3 Å². The fourth-order valence-corrected chi connectivity index (χ4v) is 2.25. The predicted molar refractivity (Wildman–Crippen MR) is 46.4 cm³/mol. The molecule has 1 aliphatic rings. The topological polar surface area (TPSA) is 23.5 Å². The summed E-state index contributed by atoms with van der Waals surface area (Å²) < 4.78 is -2.72. The molecule has 2 nitrogen and oxygen atoms in total. The summed E-state index contributed by atoms with van der Waals surface area (Å²) in [6, 6.07) is 0. The van der Waals surface area contributed by atoms with Gasteiger partial charge >= 0.3 is 0 Å². The minimum atomic E-state index is -1.36. The maximum absolute atomic E-state index is 9.27. The smallest absolute Gasteiger partial charge is 0.195 e. The second kappa shape index (κ2) is 3.09. The second-order valence-electron chi connectivity index (χ2n) is 2.50. The highest BCUT2D eigenvalue weighted by Crippen LogP contribution is 2.46. The van der Waals surface area contributed by atoms with Gasteiger partial charge in [-0.1, -0.05) is 46.4 Å². The van der Waals surface area contributed by atoms with Gasteiger partial charge in [0.1, 0.15) is 0 Å². The molecule has 1 heterocycles. The van der Waals surface area contributed by atoms with Crippen LogP contribution in [0.25, 0.3) is 0 Å². The number of piperidine rings is 1. The van der Waals surface area contributed by atoms with Gasteiger partial charge in [-0.3, -0.25) is 0 Å². The Morgan fingerprint density at radius 1 is 1.00 bits per heavy atom. The van der Waals surface area contributed by atoms with Crippen molar-refractivity contribution in [1.29, 1.82) is 0 Å². The zero-order valence-electron chi connectivity index (χ0n) is 5.53. The summed E-state index contributed by atoms with van der Waals surface area (Å²) in [6.45, 7) is 0. The Morgan fingerprint density at radius 3 is 1.64 bits per heavy atom. The quantitative estimate of drug-likeness (QED) is 0.518. The van der Waals surface area contributed by atoms with Gasteiger partial charge < -0.3 is 5.21 Å². The first kappa shape index (κ1) is 10.2. The van der Waals surface area contributed by atoms with Crippen molar-refractivity contribution in [2.75, 3.05) is 0 Å². The first-order valence-electron chi connectivity index (χ1n) is 3.11. The van der Waals surface area contributed by atoms with Gasteiger partial charge in [0.15, 0.2) is 8.91 Å². The van der Waals surface area contributed by atoms with E-state index in [9.17, 15) is 5.21 Å². The predicted octanol–water partition coefficient (Wildman–Crippen LogP) is 3.12. The summed E-state index contributed by atoms with van der Waals surface area (Å²) in [6.07, 6.45) is 1.60. The molecule has 1 aliphatic heterocycles. The lowest BCUT2D eigenvalue weighted by atomic mass is 10.1. The average Bonchev–Trinajstić information content (AvgIpc) is 1.82. The van der Waals surface area contributed by atoms with E-state index in [1.165, 1.54) is 0 Å². The van der Waals surface area contributed by atoms with Gasteiger partial charge in [-0.15, -0.1) is 5.06 Å². The van der Waals surface area contributed by atoms with Crippen LogP contribution >= 0.6 is 46.4 Å². The number of hydrogen-bond donors (Lipinski definition) is 1. The maximum atomic E-state index is 9.27. The molecule has 66 valence electrons. The van der Waals surface area contributed by atoms with E-state index in [1.54, 1.807) is 0 Å². The molecule has 0 saturated carbocycles. The first-order valence-corrected chi connectivity index (χ1v) is 4.62. The van der Waals surface area contributed by atoms with Crippen molar-refractivity contribution < 1.29 is 5.21 Å². The minimum Gasteiger partial charge on any atom is -0.308 e. The molecule has 0 aromatic carbocycles. The summed E-state index contributed by atoms with van der Waals surface area (Å²) >= 11 is 22.7. The second-order valence-corrected chi connectivity index (χ2v) is 5.39. The molecule has 11 heavy (non-hydrogen) atoms. The lowest BCUT2D eigenvalue weighted by Crippen LogP contribution is -2.51. The van der Waals surface area contributed by atoms with Crippen LogP contribution < -0.4 is 0 Å². The average molecular weight is 239 g/mol. The van der Waals surface area contributed by atoms with Crippen LogP contribution in [0, 0.1) is 0 Å². The van der Waals surface area contributed by atoms with E-state index in [2.05, 4.69) is 0 Å². The van der Waals surface area contributed by atoms with Crippen LogP contribution in [-0.2, 0) is 0 Å². The molecule has 1 rings (SSSR count). The first-order chi connectivity index (χ1) is 4.86. The van der Waals surface area contributed by atoms with E-state index in [0.717, 1.165) is 0 Å². The number of alkyl halides is 4. The summed E-state index contributed by atoms with van der Waals surface area (Å²) in [5.41, 5.74) is 0. The molecule has 0 atom stereocenters. The van der Waals surface area contributed by atoms with Crippen LogP contribution in [0.1, 0.15) is 19.3 Å². The molecule has 0 aromatic heterocycles. The minimum absolute atomic E-state index is 0.452. The maximum Gasteiger partial charge on any atom is 0.195 e.